The number of rotatable bonds is 4. The van der Waals surface area contributed by atoms with Crippen LogP contribution < -0.4 is 0 Å². The molecule has 0 N–H and O–H groups in total. The topological polar surface area (TPSA) is 46.6 Å². The van der Waals surface area contributed by atoms with Gasteiger partial charge in [0.2, 0.25) is 0 Å². The Morgan fingerprint density at radius 2 is 1.95 bits per heavy atom. The monoisotopic (exact) mass is 287 g/mol. The van der Waals surface area contributed by atoms with Gasteiger partial charge in [-0.3, -0.25) is 14.5 Å². The molecule has 0 bridgehead atoms. The second-order valence-corrected chi connectivity index (χ2v) is 5.78. The van der Waals surface area contributed by atoms with Crippen molar-refractivity contribution in [2.75, 3.05) is 13.2 Å². The van der Waals surface area contributed by atoms with Gasteiger partial charge in [-0.25, -0.2) is 0 Å². The van der Waals surface area contributed by atoms with Gasteiger partial charge in [0.15, 0.2) is 5.78 Å². The lowest BCUT2D eigenvalue weighted by atomic mass is 9.97. The standard InChI is InChI=1S/C17H21NO3/c1-2-21-17(20)13-10-11-18-14(13)8-9-15(18)16(19)12-6-4-3-5-7-12/h3-7,13-15H,2,8-11H2,1H3. The molecular formula is C17H21NO3. The van der Waals surface area contributed by atoms with Gasteiger partial charge < -0.3 is 4.74 Å². The largest absolute Gasteiger partial charge is 0.466 e. The first-order chi connectivity index (χ1) is 10.2. The molecule has 3 atom stereocenters. The maximum Gasteiger partial charge on any atom is 0.310 e. The second kappa shape index (κ2) is 5.98. The van der Waals surface area contributed by atoms with Gasteiger partial charge in [-0.15, -0.1) is 0 Å². The molecule has 21 heavy (non-hydrogen) atoms. The van der Waals surface area contributed by atoms with Crippen LogP contribution in [0, 0.1) is 5.92 Å². The van der Waals surface area contributed by atoms with Gasteiger partial charge in [-0.05, 0) is 26.2 Å². The number of Topliss-reactive ketones (excluding diaryl/α,β-unsaturated/α-hetero) is 1. The molecule has 2 fully saturated rings. The number of ether oxygens (including phenoxy) is 1. The Morgan fingerprint density at radius 3 is 2.67 bits per heavy atom. The van der Waals surface area contributed by atoms with Crippen molar-refractivity contribution in [3.63, 3.8) is 0 Å². The fourth-order valence-electron chi connectivity index (χ4n) is 3.73. The molecule has 0 spiro atoms. The zero-order chi connectivity index (χ0) is 14.8. The maximum atomic E-state index is 12.6. The summed E-state index contributed by atoms with van der Waals surface area (Å²) in [7, 11) is 0. The SMILES string of the molecule is CCOC(=O)C1CCN2C(C(=O)c3ccccc3)CCC12. The molecule has 0 aromatic heterocycles. The number of benzene rings is 1. The molecule has 1 aromatic carbocycles. The van der Waals surface area contributed by atoms with Crippen LogP contribution in [-0.2, 0) is 9.53 Å². The summed E-state index contributed by atoms with van der Waals surface area (Å²) in [5.74, 6) is 0.0268. The third-order valence-corrected chi connectivity index (χ3v) is 4.68. The Morgan fingerprint density at radius 1 is 1.19 bits per heavy atom. The predicted molar refractivity (Wildman–Crippen MR) is 79.0 cm³/mol. The number of ketones is 1. The van der Waals surface area contributed by atoms with E-state index in [1.54, 1.807) is 0 Å². The molecule has 2 heterocycles. The van der Waals surface area contributed by atoms with Crippen molar-refractivity contribution >= 4 is 11.8 Å². The Hall–Kier alpha value is -1.68. The van der Waals surface area contributed by atoms with Gasteiger partial charge in [0.1, 0.15) is 0 Å². The minimum Gasteiger partial charge on any atom is -0.466 e. The quantitative estimate of drug-likeness (QED) is 0.629. The summed E-state index contributed by atoms with van der Waals surface area (Å²) in [6, 6.07) is 9.55. The van der Waals surface area contributed by atoms with Gasteiger partial charge in [0.25, 0.3) is 0 Å². The summed E-state index contributed by atoms with van der Waals surface area (Å²) >= 11 is 0. The van der Waals surface area contributed by atoms with Gasteiger partial charge in [0.05, 0.1) is 18.6 Å². The van der Waals surface area contributed by atoms with Crippen molar-refractivity contribution in [1.29, 1.82) is 0 Å². The smallest absolute Gasteiger partial charge is 0.310 e. The summed E-state index contributed by atoms with van der Waals surface area (Å²) in [5, 5.41) is 0. The fraction of sp³-hybridized carbons (Fsp3) is 0.529. The molecule has 1 aromatic rings. The molecule has 3 rings (SSSR count). The molecule has 3 unspecified atom stereocenters. The van der Waals surface area contributed by atoms with Crippen molar-refractivity contribution < 1.29 is 14.3 Å². The molecule has 0 radical (unpaired) electrons. The highest BCUT2D eigenvalue weighted by Crippen LogP contribution is 2.38. The van der Waals surface area contributed by atoms with E-state index in [1.807, 2.05) is 37.3 Å². The van der Waals surface area contributed by atoms with Crippen molar-refractivity contribution in [3.05, 3.63) is 35.9 Å². The average Bonchev–Trinajstić information content (AvgIpc) is 3.09. The summed E-state index contributed by atoms with van der Waals surface area (Å²) < 4.78 is 5.16. The molecule has 0 amide bonds. The van der Waals surface area contributed by atoms with E-state index < -0.39 is 0 Å². The van der Waals surface area contributed by atoms with Crippen LogP contribution in [0.25, 0.3) is 0 Å². The summed E-state index contributed by atoms with van der Waals surface area (Å²) in [6.45, 7) is 3.08. The van der Waals surface area contributed by atoms with Crippen molar-refractivity contribution in [2.45, 2.75) is 38.3 Å². The van der Waals surface area contributed by atoms with Crippen molar-refractivity contribution in [3.8, 4) is 0 Å². The Labute approximate surface area is 125 Å². The molecule has 0 saturated carbocycles. The number of carbonyl (C=O) groups is 2. The summed E-state index contributed by atoms with van der Waals surface area (Å²) in [5.41, 5.74) is 0.766. The first kappa shape index (κ1) is 14.3. The zero-order valence-corrected chi connectivity index (χ0v) is 12.3. The van der Waals surface area contributed by atoms with Crippen LogP contribution in [0.15, 0.2) is 30.3 Å². The number of nitrogens with zero attached hydrogens (tertiary/aromatic N) is 1. The normalized spacial score (nSPS) is 28.3. The van der Waals surface area contributed by atoms with Crippen molar-refractivity contribution in [1.82, 2.24) is 4.90 Å². The maximum absolute atomic E-state index is 12.6. The van der Waals surface area contributed by atoms with E-state index in [1.165, 1.54) is 0 Å². The lowest BCUT2D eigenvalue weighted by molar-refractivity contribution is -0.148. The Balaban J connectivity index is 1.72. The highest BCUT2D eigenvalue weighted by molar-refractivity contribution is 6.00. The van der Waals surface area contributed by atoms with Gasteiger partial charge in [0, 0.05) is 18.2 Å². The van der Waals surface area contributed by atoms with Crippen molar-refractivity contribution in [2.24, 2.45) is 5.92 Å². The summed E-state index contributed by atoms with van der Waals surface area (Å²) in [4.78, 5) is 26.9. The fourth-order valence-corrected chi connectivity index (χ4v) is 3.73. The highest BCUT2D eigenvalue weighted by Gasteiger charge is 2.48. The predicted octanol–water partition coefficient (Wildman–Crippen LogP) is 2.29. The van der Waals surface area contributed by atoms with Crippen LogP contribution in [0.5, 0.6) is 0 Å². The number of hydrogen-bond acceptors (Lipinski definition) is 4. The zero-order valence-electron chi connectivity index (χ0n) is 12.3. The lowest BCUT2D eigenvalue weighted by Gasteiger charge is -2.24. The van der Waals surface area contributed by atoms with E-state index in [0.717, 1.165) is 31.4 Å². The summed E-state index contributed by atoms with van der Waals surface area (Å²) in [6.07, 6.45) is 2.56. The number of hydrogen-bond donors (Lipinski definition) is 0. The Bertz CT molecular complexity index is 528. The van der Waals surface area contributed by atoms with E-state index in [4.69, 9.17) is 4.74 Å². The molecule has 4 nitrogen and oxygen atoms in total. The van der Waals surface area contributed by atoms with Gasteiger partial charge >= 0.3 is 5.97 Å². The minimum absolute atomic E-state index is 0.0569. The molecule has 4 heteroatoms. The van der Waals surface area contributed by atoms with E-state index in [-0.39, 0.29) is 29.8 Å². The van der Waals surface area contributed by atoms with E-state index in [9.17, 15) is 9.59 Å². The van der Waals surface area contributed by atoms with E-state index in [0.29, 0.717) is 6.61 Å². The molecule has 112 valence electrons. The van der Waals surface area contributed by atoms with Gasteiger partial charge in [-0.1, -0.05) is 30.3 Å². The van der Waals surface area contributed by atoms with Crippen LogP contribution >= 0.6 is 0 Å². The van der Waals surface area contributed by atoms with Gasteiger partial charge in [-0.2, -0.15) is 0 Å². The Kier molecular flexibility index (Phi) is 4.06. The van der Waals surface area contributed by atoms with E-state index >= 15 is 0 Å². The van der Waals surface area contributed by atoms with Crippen LogP contribution in [0.1, 0.15) is 36.5 Å². The second-order valence-electron chi connectivity index (χ2n) is 5.78. The number of esters is 1. The number of fused-ring (bicyclic) bond motifs is 1. The van der Waals surface area contributed by atoms with Crippen LogP contribution in [0.2, 0.25) is 0 Å². The van der Waals surface area contributed by atoms with E-state index in [2.05, 4.69) is 4.90 Å². The molecule has 2 aliphatic rings. The first-order valence-corrected chi connectivity index (χ1v) is 7.74. The van der Waals surface area contributed by atoms with Crippen LogP contribution in [-0.4, -0.2) is 41.9 Å². The third-order valence-electron chi connectivity index (χ3n) is 4.68. The molecule has 0 aliphatic carbocycles. The molecule has 2 aliphatic heterocycles. The average molecular weight is 287 g/mol. The molecule has 2 saturated heterocycles. The van der Waals surface area contributed by atoms with Crippen LogP contribution in [0.3, 0.4) is 0 Å². The molecular weight excluding hydrogens is 266 g/mol. The lowest BCUT2D eigenvalue weighted by Crippen LogP contribution is -2.39. The third kappa shape index (κ3) is 2.60. The minimum atomic E-state index is -0.0992. The highest BCUT2D eigenvalue weighted by atomic mass is 16.5. The van der Waals surface area contributed by atoms with Crippen LogP contribution in [0.4, 0.5) is 0 Å². The number of carbonyl (C=O) groups excluding carboxylic acids is 2. The first-order valence-electron chi connectivity index (χ1n) is 7.74.